The van der Waals surface area contributed by atoms with E-state index in [0.29, 0.717) is 6.79 Å². The van der Waals surface area contributed by atoms with E-state index in [4.69, 9.17) is 14.2 Å². The summed E-state index contributed by atoms with van der Waals surface area (Å²) in [4.78, 5) is 4.36. The van der Waals surface area contributed by atoms with Gasteiger partial charge < -0.3 is 19.5 Å². The van der Waals surface area contributed by atoms with Crippen LogP contribution in [0.25, 0.3) is 0 Å². The number of pyridine rings is 1. The van der Waals surface area contributed by atoms with E-state index in [2.05, 4.69) is 22.4 Å². The Morgan fingerprint density at radius 2 is 1.91 bits per heavy atom. The first-order valence-electron chi connectivity index (χ1n) is 7.99. The van der Waals surface area contributed by atoms with Gasteiger partial charge in [-0.15, -0.1) is 0 Å². The summed E-state index contributed by atoms with van der Waals surface area (Å²) in [5.74, 6) is 2.57. The first-order valence-corrected chi connectivity index (χ1v) is 7.99. The van der Waals surface area contributed by atoms with Gasteiger partial charge in [-0.05, 0) is 42.7 Å². The molecule has 0 unspecified atom stereocenters. The van der Waals surface area contributed by atoms with Gasteiger partial charge in [0.2, 0.25) is 6.79 Å². The SMILES string of the molecule is c1ccc(NCC2(c3ccc4c(c3)OCO4)CCOCC2)nc1. The quantitative estimate of drug-likeness (QED) is 0.940. The van der Waals surface area contributed by atoms with E-state index < -0.39 is 0 Å². The smallest absolute Gasteiger partial charge is 0.231 e. The molecule has 0 amide bonds. The molecule has 120 valence electrons. The van der Waals surface area contributed by atoms with Crippen molar-refractivity contribution >= 4 is 5.82 Å². The molecule has 0 aliphatic carbocycles. The van der Waals surface area contributed by atoms with Gasteiger partial charge in [0.05, 0.1) is 0 Å². The maximum Gasteiger partial charge on any atom is 0.231 e. The minimum Gasteiger partial charge on any atom is -0.454 e. The summed E-state index contributed by atoms with van der Waals surface area (Å²) in [6.45, 7) is 2.69. The molecule has 5 nitrogen and oxygen atoms in total. The standard InChI is InChI=1S/C18H20N2O3/c1-2-8-19-17(3-1)20-12-18(6-9-21-10-7-18)14-4-5-15-16(11-14)23-13-22-15/h1-5,8,11H,6-7,9-10,12-13H2,(H,19,20). The third-order valence-corrected chi connectivity index (χ3v) is 4.71. The number of rotatable bonds is 4. The predicted octanol–water partition coefficient (Wildman–Crippen LogP) is 2.97. The van der Waals surface area contributed by atoms with Gasteiger partial charge in [0, 0.05) is 31.4 Å². The number of benzene rings is 1. The van der Waals surface area contributed by atoms with Crippen molar-refractivity contribution in [1.82, 2.24) is 4.98 Å². The van der Waals surface area contributed by atoms with E-state index in [1.165, 1.54) is 5.56 Å². The summed E-state index contributed by atoms with van der Waals surface area (Å²) in [7, 11) is 0. The molecular weight excluding hydrogens is 292 g/mol. The Morgan fingerprint density at radius 3 is 2.74 bits per heavy atom. The van der Waals surface area contributed by atoms with E-state index in [1.807, 2.05) is 24.3 Å². The number of anilines is 1. The maximum atomic E-state index is 5.59. The van der Waals surface area contributed by atoms with Gasteiger partial charge in [-0.25, -0.2) is 4.98 Å². The van der Waals surface area contributed by atoms with Crippen LogP contribution in [0, 0.1) is 0 Å². The molecule has 1 fully saturated rings. The first-order chi connectivity index (χ1) is 11.4. The minimum atomic E-state index is 0.0246. The lowest BCUT2D eigenvalue weighted by Gasteiger charge is -2.38. The summed E-state index contributed by atoms with van der Waals surface area (Å²) in [6.07, 6.45) is 3.76. The van der Waals surface area contributed by atoms with Crippen LogP contribution in [0.3, 0.4) is 0 Å². The highest BCUT2D eigenvalue weighted by molar-refractivity contribution is 5.47. The van der Waals surface area contributed by atoms with Gasteiger partial charge in [0.15, 0.2) is 11.5 Å². The lowest BCUT2D eigenvalue weighted by atomic mass is 9.74. The monoisotopic (exact) mass is 312 g/mol. The van der Waals surface area contributed by atoms with Crippen molar-refractivity contribution in [3.63, 3.8) is 0 Å². The van der Waals surface area contributed by atoms with E-state index in [1.54, 1.807) is 6.20 Å². The summed E-state index contributed by atoms with van der Waals surface area (Å²) in [5, 5.41) is 3.48. The van der Waals surface area contributed by atoms with Crippen molar-refractivity contribution in [3.05, 3.63) is 48.2 Å². The second-order valence-corrected chi connectivity index (χ2v) is 6.03. The third kappa shape index (κ3) is 2.84. The molecule has 1 N–H and O–H groups in total. The Balaban J connectivity index is 1.61. The highest BCUT2D eigenvalue weighted by atomic mass is 16.7. The zero-order valence-corrected chi connectivity index (χ0v) is 13.0. The van der Waals surface area contributed by atoms with Gasteiger partial charge in [0.1, 0.15) is 5.82 Å². The van der Waals surface area contributed by atoms with E-state index in [0.717, 1.165) is 49.9 Å². The molecule has 1 aromatic carbocycles. The topological polar surface area (TPSA) is 52.6 Å². The van der Waals surface area contributed by atoms with Gasteiger partial charge in [-0.1, -0.05) is 12.1 Å². The van der Waals surface area contributed by atoms with Crippen LogP contribution >= 0.6 is 0 Å². The molecule has 4 rings (SSSR count). The summed E-state index contributed by atoms with van der Waals surface area (Å²) < 4.78 is 16.6. The summed E-state index contributed by atoms with van der Waals surface area (Å²) in [6, 6.07) is 12.2. The molecule has 0 spiro atoms. The minimum absolute atomic E-state index is 0.0246. The second kappa shape index (κ2) is 6.08. The zero-order chi connectivity index (χ0) is 15.5. The lowest BCUT2D eigenvalue weighted by Crippen LogP contribution is -2.40. The van der Waals surface area contributed by atoms with Crippen molar-refractivity contribution in [2.75, 3.05) is 31.9 Å². The fourth-order valence-corrected chi connectivity index (χ4v) is 3.28. The van der Waals surface area contributed by atoms with Crippen LogP contribution in [0.4, 0.5) is 5.82 Å². The second-order valence-electron chi connectivity index (χ2n) is 6.03. The average Bonchev–Trinajstić information content (AvgIpc) is 3.09. The van der Waals surface area contributed by atoms with Crippen LogP contribution in [0.2, 0.25) is 0 Å². The molecule has 1 aromatic heterocycles. The fourth-order valence-electron chi connectivity index (χ4n) is 3.28. The van der Waals surface area contributed by atoms with Crippen molar-refractivity contribution < 1.29 is 14.2 Å². The predicted molar refractivity (Wildman–Crippen MR) is 87.0 cm³/mol. The third-order valence-electron chi connectivity index (χ3n) is 4.71. The average molecular weight is 312 g/mol. The Labute approximate surface area is 135 Å². The van der Waals surface area contributed by atoms with E-state index >= 15 is 0 Å². The van der Waals surface area contributed by atoms with Crippen molar-refractivity contribution in [3.8, 4) is 11.5 Å². The molecule has 2 aliphatic heterocycles. The van der Waals surface area contributed by atoms with Crippen LogP contribution in [-0.4, -0.2) is 31.5 Å². The molecule has 5 heteroatoms. The fraction of sp³-hybridized carbons (Fsp3) is 0.389. The molecule has 23 heavy (non-hydrogen) atoms. The van der Waals surface area contributed by atoms with Crippen LogP contribution < -0.4 is 14.8 Å². The van der Waals surface area contributed by atoms with Crippen molar-refractivity contribution in [2.24, 2.45) is 0 Å². The number of hydrogen-bond donors (Lipinski definition) is 1. The first kappa shape index (κ1) is 14.3. The number of nitrogens with one attached hydrogen (secondary N) is 1. The Morgan fingerprint density at radius 1 is 1.04 bits per heavy atom. The molecule has 3 heterocycles. The maximum absolute atomic E-state index is 5.59. The highest BCUT2D eigenvalue weighted by Crippen LogP contribution is 2.40. The van der Waals surface area contributed by atoms with Gasteiger partial charge in [-0.2, -0.15) is 0 Å². The summed E-state index contributed by atoms with van der Waals surface area (Å²) in [5.41, 5.74) is 1.30. The van der Waals surface area contributed by atoms with E-state index in [-0.39, 0.29) is 5.41 Å². The largest absolute Gasteiger partial charge is 0.454 e. The van der Waals surface area contributed by atoms with Gasteiger partial charge in [-0.3, -0.25) is 0 Å². The normalized spacial score (nSPS) is 18.6. The highest BCUT2D eigenvalue weighted by Gasteiger charge is 2.35. The van der Waals surface area contributed by atoms with Crippen molar-refractivity contribution in [1.29, 1.82) is 0 Å². The van der Waals surface area contributed by atoms with E-state index in [9.17, 15) is 0 Å². The molecule has 0 atom stereocenters. The number of fused-ring (bicyclic) bond motifs is 1. The summed E-state index contributed by atoms with van der Waals surface area (Å²) >= 11 is 0. The molecular formula is C18H20N2O3. The molecule has 1 saturated heterocycles. The van der Waals surface area contributed by atoms with Gasteiger partial charge in [0.25, 0.3) is 0 Å². The molecule has 0 radical (unpaired) electrons. The Kier molecular flexibility index (Phi) is 3.79. The van der Waals surface area contributed by atoms with Gasteiger partial charge >= 0.3 is 0 Å². The number of ether oxygens (including phenoxy) is 3. The molecule has 0 saturated carbocycles. The zero-order valence-electron chi connectivity index (χ0n) is 13.0. The van der Waals surface area contributed by atoms with Crippen LogP contribution in [0.1, 0.15) is 18.4 Å². The lowest BCUT2D eigenvalue weighted by molar-refractivity contribution is 0.0543. The number of aromatic nitrogens is 1. The number of nitrogens with zero attached hydrogens (tertiary/aromatic N) is 1. The van der Waals surface area contributed by atoms with Crippen LogP contribution in [0.15, 0.2) is 42.6 Å². The van der Waals surface area contributed by atoms with Crippen LogP contribution in [-0.2, 0) is 10.2 Å². The number of hydrogen-bond acceptors (Lipinski definition) is 5. The Bertz CT molecular complexity index is 669. The molecule has 2 aliphatic rings. The molecule has 0 bridgehead atoms. The van der Waals surface area contributed by atoms with Crippen molar-refractivity contribution in [2.45, 2.75) is 18.3 Å². The van der Waals surface area contributed by atoms with Crippen LogP contribution in [0.5, 0.6) is 11.5 Å². The molecule has 2 aromatic rings. The Hall–Kier alpha value is -2.27.